The van der Waals surface area contributed by atoms with E-state index in [-0.39, 0.29) is 35.6 Å². The van der Waals surface area contributed by atoms with E-state index in [4.69, 9.17) is 0 Å². The van der Waals surface area contributed by atoms with E-state index in [1.807, 2.05) is 48.5 Å². The molecule has 1 aliphatic heterocycles. The highest BCUT2D eigenvalue weighted by Gasteiger charge is 2.48. The number of aldehydes is 1. The third-order valence-electron chi connectivity index (χ3n) is 7.00. The first-order valence-electron chi connectivity index (χ1n) is 11.4. The second-order valence-electron chi connectivity index (χ2n) is 10.3. The molecule has 2 aromatic carbocycles. The molecule has 33 heavy (non-hydrogen) atoms. The van der Waals surface area contributed by atoms with Gasteiger partial charge in [-0.25, -0.2) is 8.42 Å². The number of nitrogens with zero attached hydrogens (tertiary/aromatic N) is 1. The average molecular weight is 466 g/mol. The fourth-order valence-corrected chi connectivity index (χ4v) is 6.52. The smallest absolute Gasteiger partial charge is 0.243 e. The number of carbonyl (C=O) groups excluding carboxylic acids is 2. The van der Waals surface area contributed by atoms with Crippen molar-refractivity contribution in [3.8, 4) is 0 Å². The van der Waals surface area contributed by atoms with Crippen LogP contribution >= 0.6 is 0 Å². The number of carbonyl (C=O) groups is 2. The number of fused-ring (bicyclic) bond motifs is 1. The highest BCUT2D eigenvalue weighted by Crippen LogP contribution is 2.47. The van der Waals surface area contributed by atoms with Crippen LogP contribution in [0.3, 0.4) is 0 Å². The van der Waals surface area contributed by atoms with Crippen LogP contribution < -0.4 is 0 Å². The molecule has 0 spiro atoms. The normalized spacial score (nSPS) is 24.2. The van der Waals surface area contributed by atoms with Crippen LogP contribution in [0.5, 0.6) is 0 Å². The molecule has 0 radical (unpaired) electrons. The number of ketones is 1. The highest BCUT2D eigenvalue weighted by molar-refractivity contribution is 7.89. The molecule has 6 heteroatoms. The third kappa shape index (κ3) is 4.59. The minimum atomic E-state index is -3.73. The van der Waals surface area contributed by atoms with E-state index in [1.54, 1.807) is 12.1 Å². The zero-order valence-corrected chi connectivity index (χ0v) is 20.3. The molecule has 2 unspecified atom stereocenters. The highest BCUT2D eigenvalue weighted by atomic mass is 32.2. The van der Waals surface area contributed by atoms with Gasteiger partial charge in [-0.3, -0.25) is 4.79 Å². The number of Topliss-reactive ketones (excluding diaryl/α,β-unsaturated/α-hetero) is 1. The predicted octanol–water partition coefficient (Wildman–Crippen LogP) is 4.32. The fraction of sp³-hybridized carbons (Fsp3) is 0.407. The van der Waals surface area contributed by atoms with Crippen molar-refractivity contribution < 1.29 is 18.0 Å². The first-order valence-corrected chi connectivity index (χ1v) is 12.8. The first-order chi connectivity index (χ1) is 15.5. The summed E-state index contributed by atoms with van der Waals surface area (Å²) in [6, 6.07) is 17.0. The van der Waals surface area contributed by atoms with Gasteiger partial charge in [0, 0.05) is 24.9 Å². The molecule has 0 saturated heterocycles. The quantitative estimate of drug-likeness (QED) is 0.375. The van der Waals surface area contributed by atoms with Crippen LogP contribution in [0.1, 0.15) is 44.7 Å². The van der Waals surface area contributed by atoms with Crippen LogP contribution in [0.15, 0.2) is 71.1 Å². The molecule has 0 amide bonds. The lowest BCUT2D eigenvalue weighted by Crippen LogP contribution is -2.51. The van der Waals surface area contributed by atoms with E-state index < -0.39 is 21.4 Å². The Morgan fingerprint density at radius 1 is 1.06 bits per heavy atom. The monoisotopic (exact) mass is 465 g/mol. The van der Waals surface area contributed by atoms with E-state index in [2.05, 4.69) is 20.8 Å². The van der Waals surface area contributed by atoms with E-state index >= 15 is 0 Å². The summed E-state index contributed by atoms with van der Waals surface area (Å²) in [4.78, 5) is 24.4. The molecule has 1 fully saturated rings. The number of hydrogen-bond donors (Lipinski definition) is 0. The lowest BCUT2D eigenvalue weighted by Gasteiger charge is -2.47. The van der Waals surface area contributed by atoms with Crippen molar-refractivity contribution in [2.75, 3.05) is 13.1 Å². The summed E-state index contributed by atoms with van der Waals surface area (Å²) >= 11 is 0. The number of benzene rings is 2. The van der Waals surface area contributed by atoms with Gasteiger partial charge >= 0.3 is 0 Å². The molecule has 0 N–H and O–H groups in total. The Kier molecular flexibility index (Phi) is 6.18. The molecule has 1 heterocycles. The van der Waals surface area contributed by atoms with Crippen LogP contribution in [0, 0.1) is 11.3 Å². The summed E-state index contributed by atoms with van der Waals surface area (Å²) in [5.74, 6) is -0.770. The SMILES string of the molecule is CC(C)(C)c1ccc(S(=O)(=O)N2CC=C3CC(=O)C(C=O)CC3(Cc3ccccc3)C2)cc1. The van der Waals surface area contributed by atoms with Crippen LogP contribution in [-0.2, 0) is 31.4 Å². The summed E-state index contributed by atoms with van der Waals surface area (Å²) in [5.41, 5.74) is 2.46. The summed E-state index contributed by atoms with van der Waals surface area (Å²) in [6.45, 7) is 6.76. The molecular formula is C27H31NO4S. The average Bonchev–Trinajstić information content (AvgIpc) is 2.78. The van der Waals surface area contributed by atoms with Crippen molar-refractivity contribution >= 4 is 22.1 Å². The van der Waals surface area contributed by atoms with Gasteiger partial charge in [0.15, 0.2) is 0 Å². The Morgan fingerprint density at radius 2 is 1.73 bits per heavy atom. The Balaban J connectivity index is 1.70. The van der Waals surface area contributed by atoms with Gasteiger partial charge in [-0.2, -0.15) is 4.31 Å². The van der Waals surface area contributed by atoms with Gasteiger partial charge in [0.2, 0.25) is 10.0 Å². The maximum atomic E-state index is 13.6. The summed E-state index contributed by atoms with van der Waals surface area (Å²) in [6.07, 6.45) is 3.76. The van der Waals surface area contributed by atoms with Gasteiger partial charge in [-0.15, -0.1) is 0 Å². The van der Waals surface area contributed by atoms with E-state index in [0.717, 1.165) is 23.0 Å². The molecular weight excluding hydrogens is 434 g/mol. The molecule has 4 rings (SSSR count). The maximum Gasteiger partial charge on any atom is 0.243 e. The van der Waals surface area contributed by atoms with Gasteiger partial charge in [0.1, 0.15) is 12.1 Å². The first kappa shape index (κ1) is 23.6. The molecule has 1 saturated carbocycles. The molecule has 2 aliphatic rings. The summed E-state index contributed by atoms with van der Waals surface area (Å²) < 4.78 is 28.7. The van der Waals surface area contributed by atoms with Gasteiger partial charge in [-0.1, -0.05) is 74.9 Å². The Hall–Kier alpha value is -2.57. The van der Waals surface area contributed by atoms with Crippen LogP contribution in [0.2, 0.25) is 0 Å². The summed E-state index contributed by atoms with van der Waals surface area (Å²) in [7, 11) is -3.73. The Labute approximate surface area is 196 Å². The van der Waals surface area contributed by atoms with E-state index in [0.29, 0.717) is 12.8 Å². The molecule has 2 aromatic rings. The molecule has 0 bridgehead atoms. The summed E-state index contributed by atoms with van der Waals surface area (Å²) in [5, 5.41) is 0. The molecule has 174 valence electrons. The number of sulfonamides is 1. The zero-order chi connectivity index (χ0) is 23.9. The van der Waals surface area contributed by atoms with Crippen LogP contribution in [0.25, 0.3) is 0 Å². The second-order valence-corrected chi connectivity index (χ2v) is 12.3. The van der Waals surface area contributed by atoms with Crippen molar-refractivity contribution in [1.29, 1.82) is 0 Å². The van der Waals surface area contributed by atoms with Crippen molar-refractivity contribution in [3.05, 3.63) is 77.4 Å². The molecule has 0 aromatic heterocycles. The molecule has 5 nitrogen and oxygen atoms in total. The van der Waals surface area contributed by atoms with E-state index in [1.165, 1.54) is 4.31 Å². The largest absolute Gasteiger partial charge is 0.303 e. The number of hydrogen-bond acceptors (Lipinski definition) is 4. The fourth-order valence-electron chi connectivity index (χ4n) is 5.05. The van der Waals surface area contributed by atoms with Gasteiger partial charge in [-0.05, 0) is 41.5 Å². The Bertz CT molecular complexity index is 1180. The maximum absolute atomic E-state index is 13.6. The minimum Gasteiger partial charge on any atom is -0.303 e. The zero-order valence-electron chi connectivity index (χ0n) is 19.5. The second kappa shape index (κ2) is 8.65. The Morgan fingerprint density at radius 3 is 2.33 bits per heavy atom. The van der Waals surface area contributed by atoms with Crippen LogP contribution in [0.4, 0.5) is 0 Å². The minimum absolute atomic E-state index is 0.0662. The lowest BCUT2D eigenvalue weighted by atomic mass is 9.62. The van der Waals surface area contributed by atoms with Gasteiger partial charge in [0.25, 0.3) is 0 Å². The van der Waals surface area contributed by atoms with E-state index in [9.17, 15) is 18.0 Å². The van der Waals surface area contributed by atoms with Crippen molar-refractivity contribution in [3.63, 3.8) is 0 Å². The van der Waals surface area contributed by atoms with Crippen LogP contribution in [-0.4, -0.2) is 37.9 Å². The standard InChI is InChI=1S/C27H31NO4S/c1-26(2,3)22-9-11-24(12-10-22)33(31,32)28-14-13-23-15-25(30)21(18-29)17-27(23,19-28)16-20-7-5-4-6-8-20/h4-13,18,21H,14-17,19H2,1-3H3. The molecule has 2 atom stereocenters. The lowest BCUT2D eigenvalue weighted by molar-refractivity contribution is -0.130. The molecule has 1 aliphatic carbocycles. The van der Waals surface area contributed by atoms with Gasteiger partial charge in [0.05, 0.1) is 10.8 Å². The third-order valence-corrected chi connectivity index (χ3v) is 8.82. The van der Waals surface area contributed by atoms with Crippen molar-refractivity contribution in [2.45, 2.75) is 50.3 Å². The number of rotatable bonds is 5. The van der Waals surface area contributed by atoms with Crippen molar-refractivity contribution in [1.82, 2.24) is 4.31 Å². The topological polar surface area (TPSA) is 71.5 Å². The van der Waals surface area contributed by atoms with Crippen molar-refractivity contribution in [2.24, 2.45) is 11.3 Å². The van der Waals surface area contributed by atoms with Gasteiger partial charge < -0.3 is 4.79 Å². The predicted molar refractivity (Wildman–Crippen MR) is 128 cm³/mol.